The van der Waals surface area contributed by atoms with Crippen LogP contribution in [0.3, 0.4) is 0 Å². The molecule has 28 heavy (non-hydrogen) atoms. The first kappa shape index (κ1) is 22.7. The average molecular weight is 410 g/mol. The molecule has 0 amide bonds. The third-order valence-corrected chi connectivity index (χ3v) is 6.97. The van der Waals surface area contributed by atoms with Crippen LogP contribution in [-0.4, -0.2) is 47.0 Å². The Morgan fingerprint density at radius 3 is 2.00 bits per heavy atom. The van der Waals surface area contributed by atoms with Crippen molar-refractivity contribution in [2.45, 2.75) is 33.6 Å². The molecule has 1 aromatic carbocycles. The molecule has 156 valence electrons. The van der Waals surface area contributed by atoms with E-state index in [-0.39, 0.29) is 10.8 Å². The summed E-state index contributed by atoms with van der Waals surface area (Å²) < 4.78 is 31.8. The van der Waals surface area contributed by atoms with Crippen molar-refractivity contribution in [2.24, 2.45) is 16.7 Å². The SMILES string of the molecule is CC12CCC(C(=Cc3ccc([N+](C)(C)C)cc3)C1=O)C2(C)C.COS(=O)(=O)[O-]. The molecule has 0 aliphatic heterocycles. The lowest BCUT2D eigenvalue weighted by atomic mass is 9.70. The third-order valence-electron chi connectivity index (χ3n) is 6.56. The highest BCUT2D eigenvalue weighted by atomic mass is 32.3. The van der Waals surface area contributed by atoms with Crippen LogP contribution >= 0.6 is 0 Å². The molecule has 0 N–H and O–H groups in total. The van der Waals surface area contributed by atoms with Gasteiger partial charge in [0.1, 0.15) is 5.69 Å². The van der Waals surface area contributed by atoms with E-state index < -0.39 is 10.4 Å². The van der Waals surface area contributed by atoms with E-state index in [0.29, 0.717) is 11.7 Å². The zero-order chi connectivity index (χ0) is 21.5. The maximum absolute atomic E-state index is 12.9. The van der Waals surface area contributed by atoms with Crippen molar-refractivity contribution in [1.82, 2.24) is 4.48 Å². The molecule has 2 aliphatic rings. The van der Waals surface area contributed by atoms with Gasteiger partial charge in [-0.2, -0.15) is 0 Å². The van der Waals surface area contributed by atoms with Crippen molar-refractivity contribution < 1.29 is 21.9 Å². The first-order valence-corrected chi connectivity index (χ1v) is 10.7. The molecule has 6 nitrogen and oxygen atoms in total. The topological polar surface area (TPSA) is 83.5 Å². The lowest BCUT2D eigenvalue weighted by Crippen LogP contribution is -2.34. The molecule has 7 heteroatoms. The second-order valence-electron chi connectivity index (χ2n) is 9.25. The third kappa shape index (κ3) is 4.22. The quantitative estimate of drug-likeness (QED) is 0.331. The second kappa shape index (κ2) is 7.37. The van der Waals surface area contributed by atoms with Crippen LogP contribution in [0.15, 0.2) is 29.8 Å². The van der Waals surface area contributed by atoms with Gasteiger partial charge in [-0.1, -0.05) is 20.8 Å². The van der Waals surface area contributed by atoms with Gasteiger partial charge in [0, 0.05) is 5.41 Å². The number of rotatable bonds is 3. The molecule has 2 bridgehead atoms. The number of allylic oxidation sites excluding steroid dienone is 1. The minimum absolute atomic E-state index is 0.0954. The maximum Gasteiger partial charge on any atom is 0.217 e. The lowest BCUT2D eigenvalue weighted by molar-refractivity contribution is -0.125. The van der Waals surface area contributed by atoms with Crippen molar-refractivity contribution in [3.8, 4) is 0 Å². The molecule has 0 heterocycles. The summed E-state index contributed by atoms with van der Waals surface area (Å²) in [6, 6.07) is 8.61. The van der Waals surface area contributed by atoms with Crippen molar-refractivity contribution >= 4 is 27.9 Å². The molecule has 1 aromatic rings. The Balaban J connectivity index is 0.000000409. The number of ketones is 1. The number of hydrogen-bond donors (Lipinski definition) is 0. The van der Waals surface area contributed by atoms with Crippen LogP contribution in [0, 0.1) is 16.7 Å². The predicted octanol–water partition coefficient (Wildman–Crippen LogP) is 3.38. The number of Topliss-reactive ketones (excluding diaryl/α,β-unsaturated/α-hetero) is 1. The minimum Gasteiger partial charge on any atom is -0.726 e. The van der Waals surface area contributed by atoms with E-state index in [9.17, 15) is 17.8 Å². The number of benzene rings is 1. The summed E-state index contributed by atoms with van der Waals surface area (Å²) in [5.41, 5.74) is 3.40. The molecular weight excluding hydrogens is 378 g/mol. The minimum atomic E-state index is -4.41. The predicted molar refractivity (Wildman–Crippen MR) is 110 cm³/mol. The standard InChI is InChI=1S/C20H28NO.CH4O4S/c1-19(2)17-11-12-20(19,3)18(22)16(17)13-14-7-9-15(10-8-14)21(4,5)6;1-5-6(2,3)4/h7-10,13,17H,11-12H2,1-6H3;1H3,(H,2,3,4)/q+1;/p-1. The Hall–Kier alpha value is -1.54. The fourth-order valence-corrected chi connectivity index (χ4v) is 4.29. The van der Waals surface area contributed by atoms with Crippen LogP contribution in [0.1, 0.15) is 39.2 Å². The molecule has 2 atom stereocenters. The van der Waals surface area contributed by atoms with E-state index in [4.69, 9.17) is 0 Å². The van der Waals surface area contributed by atoms with E-state index in [1.165, 1.54) is 5.69 Å². The van der Waals surface area contributed by atoms with Crippen molar-refractivity contribution in [3.63, 3.8) is 0 Å². The Bertz CT molecular complexity index is 878. The summed E-state index contributed by atoms with van der Waals surface area (Å²) in [5, 5.41) is 0. The fraction of sp³-hybridized carbons (Fsp3) is 0.571. The first-order chi connectivity index (χ1) is 12.6. The summed E-state index contributed by atoms with van der Waals surface area (Å²) in [6.45, 7) is 6.70. The van der Waals surface area contributed by atoms with Gasteiger partial charge >= 0.3 is 0 Å². The Kier molecular flexibility index (Phi) is 5.99. The van der Waals surface area contributed by atoms with Crippen molar-refractivity contribution in [2.75, 3.05) is 28.3 Å². The van der Waals surface area contributed by atoms with Gasteiger partial charge in [-0.3, -0.25) is 13.5 Å². The molecular formula is C21H31NO5S. The van der Waals surface area contributed by atoms with E-state index in [0.717, 1.165) is 35.6 Å². The van der Waals surface area contributed by atoms with E-state index >= 15 is 0 Å². The van der Waals surface area contributed by atoms with Gasteiger partial charge in [0.2, 0.25) is 10.4 Å². The van der Waals surface area contributed by atoms with Crippen LogP contribution in [-0.2, 0) is 19.4 Å². The summed E-state index contributed by atoms with van der Waals surface area (Å²) in [6.07, 6.45) is 4.33. The largest absolute Gasteiger partial charge is 0.726 e. The smallest absolute Gasteiger partial charge is 0.217 e. The molecule has 0 saturated heterocycles. The Labute approximate surface area is 168 Å². The molecule has 0 radical (unpaired) electrons. The van der Waals surface area contributed by atoms with Gasteiger partial charge in [-0.05, 0) is 65.7 Å². The number of fused-ring (bicyclic) bond motifs is 2. The summed E-state index contributed by atoms with van der Waals surface area (Å²) in [7, 11) is 2.88. The lowest BCUT2D eigenvalue weighted by Gasteiger charge is -2.31. The Morgan fingerprint density at radius 2 is 1.64 bits per heavy atom. The molecule has 3 rings (SSSR count). The normalized spacial score (nSPS) is 27.6. The summed E-state index contributed by atoms with van der Waals surface area (Å²) >= 11 is 0. The molecule has 2 fully saturated rings. The van der Waals surface area contributed by atoms with Crippen LogP contribution in [0.2, 0.25) is 0 Å². The van der Waals surface area contributed by atoms with Gasteiger partial charge in [-0.15, -0.1) is 0 Å². The monoisotopic (exact) mass is 409 g/mol. The number of carbonyl (C=O) groups is 1. The van der Waals surface area contributed by atoms with Crippen molar-refractivity contribution in [3.05, 3.63) is 35.4 Å². The van der Waals surface area contributed by atoms with Crippen LogP contribution in [0.5, 0.6) is 0 Å². The zero-order valence-electron chi connectivity index (χ0n) is 17.8. The van der Waals surface area contributed by atoms with Crippen molar-refractivity contribution in [1.29, 1.82) is 0 Å². The molecule has 0 aromatic heterocycles. The van der Waals surface area contributed by atoms with Gasteiger partial charge in [0.25, 0.3) is 0 Å². The van der Waals surface area contributed by atoms with E-state index in [1.807, 2.05) is 0 Å². The highest BCUT2D eigenvalue weighted by molar-refractivity contribution is 7.80. The fourth-order valence-electron chi connectivity index (χ4n) is 4.29. The number of carbonyl (C=O) groups excluding carboxylic acids is 1. The van der Waals surface area contributed by atoms with Gasteiger partial charge in [-0.25, -0.2) is 8.42 Å². The second-order valence-corrected chi connectivity index (χ2v) is 10.4. The summed E-state index contributed by atoms with van der Waals surface area (Å²) in [5.74, 6) is 0.799. The van der Waals surface area contributed by atoms with E-state index in [2.05, 4.69) is 76.4 Å². The highest BCUT2D eigenvalue weighted by Gasteiger charge is 2.63. The number of nitrogens with zero attached hydrogens (tertiary/aromatic N) is 1. The first-order valence-electron chi connectivity index (χ1n) is 9.33. The molecule has 2 aliphatic carbocycles. The molecule has 2 saturated carbocycles. The molecule has 2 unspecified atom stereocenters. The van der Waals surface area contributed by atoms with Crippen LogP contribution in [0.25, 0.3) is 6.08 Å². The number of quaternary nitrogens is 1. The van der Waals surface area contributed by atoms with Crippen LogP contribution < -0.4 is 4.48 Å². The maximum atomic E-state index is 12.9. The van der Waals surface area contributed by atoms with Crippen LogP contribution in [0.4, 0.5) is 5.69 Å². The average Bonchev–Trinajstić information content (AvgIpc) is 2.88. The zero-order valence-corrected chi connectivity index (χ0v) is 18.6. The molecule has 0 spiro atoms. The van der Waals surface area contributed by atoms with E-state index in [1.54, 1.807) is 0 Å². The summed E-state index contributed by atoms with van der Waals surface area (Å²) in [4.78, 5) is 12.9. The Morgan fingerprint density at radius 1 is 1.14 bits per heavy atom. The number of hydrogen-bond acceptors (Lipinski definition) is 5. The highest BCUT2D eigenvalue weighted by Crippen LogP contribution is 2.65. The van der Waals surface area contributed by atoms with Gasteiger partial charge in [0.15, 0.2) is 5.78 Å². The van der Waals surface area contributed by atoms with Gasteiger partial charge < -0.3 is 4.55 Å². The van der Waals surface area contributed by atoms with Gasteiger partial charge in [0.05, 0.1) is 28.3 Å².